The monoisotopic (exact) mass is 393 g/mol. The van der Waals surface area contributed by atoms with Gasteiger partial charge < -0.3 is 29.7 Å². The summed E-state index contributed by atoms with van der Waals surface area (Å²) < 4.78 is 11.3. The Labute approximate surface area is 170 Å². The highest BCUT2D eigenvalue weighted by molar-refractivity contribution is 5.43. The Hall–Kier alpha value is -1.34. The fourth-order valence-corrected chi connectivity index (χ4v) is 3.61. The number of nitrogens with zero attached hydrogens (tertiary/aromatic N) is 2. The van der Waals surface area contributed by atoms with Crippen LogP contribution >= 0.6 is 0 Å². The molecule has 160 valence electrons. The predicted octanol–water partition coefficient (Wildman–Crippen LogP) is 2.35. The zero-order valence-corrected chi connectivity index (χ0v) is 18.0. The molecule has 1 heterocycles. The maximum Gasteiger partial charge on any atom is 0.161 e. The topological polar surface area (TPSA) is 57.2 Å². The standard InChI is InChI=1S/C22H39N3O3/c1-4-24(5-2)17-20(26)18-28-21-10-9-19(15-22(21)27-3)16-23-11-14-25-12-7-6-8-13-25/h9-10,15,20,23,26H,4-8,11-14,16-18H2,1-3H3/t20-/m1/s1. The lowest BCUT2D eigenvalue weighted by Crippen LogP contribution is -2.35. The molecule has 0 amide bonds. The van der Waals surface area contributed by atoms with Gasteiger partial charge in [-0.1, -0.05) is 26.3 Å². The van der Waals surface area contributed by atoms with E-state index >= 15 is 0 Å². The molecule has 6 heteroatoms. The number of likely N-dealkylation sites (N-methyl/N-ethyl adjacent to an activating group) is 1. The number of rotatable bonds is 13. The molecular formula is C22H39N3O3. The Morgan fingerprint density at radius 2 is 1.89 bits per heavy atom. The highest BCUT2D eigenvalue weighted by Gasteiger charge is 2.13. The Morgan fingerprint density at radius 3 is 2.57 bits per heavy atom. The van der Waals surface area contributed by atoms with Gasteiger partial charge in [0, 0.05) is 26.2 Å². The van der Waals surface area contributed by atoms with Gasteiger partial charge in [0.05, 0.1) is 7.11 Å². The van der Waals surface area contributed by atoms with Crippen molar-refractivity contribution in [2.45, 2.75) is 45.8 Å². The van der Waals surface area contributed by atoms with Crippen LogP contribution in [0, 0.1) is 0 Å². The van der Waals surface area contributed by atoms with Crippen molar-refractivity contribution in [1.29, 1.82) is 0 Å². The van der Waals surface area contributed by atoms with Gasteiger partial charge in [0.15, 0.2) is 11.5 Å². The molecular weight excluding hydrogens is 354 g/mol. The van der Waals surface area contributed by atoms with Gasteiger partial charge in [-0.3, -0.25) is 0 Å². The summed E-state index contributed by atoms with van der Waals surface area (Å²) in [5.41, 5.74) is 1.17. The average molecular weight is 394 g/mol. The molecule has 2 N–H and O–H groups in total. The van der Waals surface area contributed by atoms with Gasteiger partial charge in [-0.25, -0.2) is 0 Å². The zero-order chi connectivity index (χ0) is 20.2. The van der Waals surface area contributed by atoms with E-state index in [1.807, 2.05) is 12.1 Å². The van der Waals surface area contributed by atoms with E-state index in [4.69, 9.17) is 9.47 Å². The van der Waals surface area contributed by atoms with Gasteiger partial charge >= 0.3 is 0 Å². The van der Waals surface area contributed by atoms with Gasteiger partial charge in [0.2, 0.25) is 0 Å². The van der Waals surface area contributed by atoms with Crippen LogP contribution in [0.4, 0.5) is 0 Å². The maximum atomic E-state index is 10.2. The van der Waals surface area contributed by atoms with Crippen molar-refractivity contribution in [3.63, 3.8) is 0 Å². The Morgan fingerprint density at radius 1 is 1.14 bits per heavy atom. The van der Waals surface area contributed by atoms with Crippen molar-refractivity contribution in [1.82, 2.24) is 15.1 Å². The van der Waals surface area contributed by atoms with E-state index in [9.17, 15) is 5.11 Å². The Bertz CT molecular complexity index is 546. The van der Waals surface area contributed by atoms with E-state index in [1.165, 1.54) is 37.9 Å². The zero-order valence-electron chi connectivity index (χ0n) is 18.0. The minimum absolute atomic E-state index is 0.264. The molecule has 0 aromatic heterocycles. The SMILES string of the molecule is CCN(CC)C[C@@H](O)COc1ccc(CNCCN2CCCCC2)cc1OC. The molecule has 28 heavy (non-hydrogen) atoms. The number of piperidine rings is 1. The number of nitrogens with one attached hydrogen (secondary N) is 1. The minimum atomic E-state index is -0.513. The van der Waals surface area contributed by atoms with Gasteiger partial charge in [-0.15, -0.1) is 0 Å². The third-order valence-corrected chi connectivity index (χ3v) is 5.41. The molecule has 1 atom stereocenters. The summed E-state index contributed by atoms with van der Waals surface area (Å²) in [6.45, 7) is 12.3. The Kier molecular flexibility index (Phi) is 10.6. The lowest BCUT2D eigenvalue weighted by atomic mass is 10.1. The van der Waals surface area contributed by atoms with Gasteiger partial charge in [0.1, 0.15) is 12.7 Å². The molecule has 2 rings (SSSR count). The van der Waals surface area contributed by atoms with Crippen molar-refractivity contribution in [3.05, 3.63) is 23.8 Å². The fraction of sp³-hybridized carbons (Fsp3) is 0.727. The number of hydrogen-bond acceptors (Lipinski definition) is 6. The van der Waals surface area contributed by atoms with E-state index < -0.39 is 6.10 Å². The number of likely N-dealkylation sites (tertiary alicyclic amines) is 1. The summed E-state index contributed by atoms with van der Waals surface area (Å²) in [7, 11) is 1.65. The van der Waals surface area contributed by atoms with E-state index in [0.29, 0.717) is 18.0 Å². The van der Waals surface area contributed by atoms with Crippen LogP contribution in [0.25, 0.3) is 0 Å². The van der Waals surface area contributed by atoms with Crippen molar-refractivity contribution in [2.24, 2.45) is 0 Å². The normalized spacial score (nSPS) is 16.3. The summed E-state index contributed by atoms with van der Waals surface area (Å²) >= 11 is 0. The van der Waals surface area contributed by atoms with Crippen LogP contribution in [0.5, 0.6) is 11.5 Å². The third-order valence-electron chi connectivity index (χ3n) is 5.41. The van der Waals surface area contributed by atoms with E-state index in [-0.39, 0.29) is 6.61 Å². The van der Waals surface area contributed by atoms with E-state index in [0.717, 1.165) is 32.7 Å². The molecule has 1 aliphatic heterocycles. The van der Waals surface area contributed by atoms with Crippen LogP contribution < -0.4 is 14.8 Å². The second-order valence-electron chi connectivity index (χ2n) is 7.51. The summed E-state index contributed by atoms with van der Waals surface area (Å²) in [6, 6.07) is 6.01. The first-order valence-electron chi connectivity index (χ1n) is 10.8. The van der Waals surface area contributed by atoms with Gasteiger partial charge in [0.25, 0.3) is 0 Å². The molecule has 1 aliphatic rings. The number of ether oxygens (including phenoxy) is 2. The Balaban J connectivity index is 1.75. The first kappa shape index (κ1) is 22.9. The predicted molar refractivity (Wildman–Crippen MR) is 114 cm³/mol. The highest BCUT2D eigenvalue weighted by Crippen LogP contribution is 2.28. The van der Waals surface area contributed by atoms with Crippen LogP contribution in [0.2, 0.25) is 0 Å². The number of benzene rings is 1. The van der Waals surface area contributed by atoms with Crippen LogP contribution in [0.1, 0.15) is 38.7 Å². The van der Waals surface area contributed by atoms with Crippen molar-refractivity contribution in [2.75, 3.05) is 59.5 Å². The largest absolute Gasteiger partial charge is 0.493 e. The van der Waals surface area contributed by atoms with Crippen LogP contribution in [0.15, 0.2) is 18.2 Å². The number of methoxy groups -OCH3 is 1. The van der Waals surface area contributed by atoms with Crippen molar-refractivity contribution < 1.29 is 14.6 Å². The van der Waals surface area contributed by atoms with Crippen LogP contribution in [-0.4, -0.2) is 80.5 Å². The van der Waals surface area contributed by atoms with Gasteiger partial charge in [-0.05, 0) is 56.7 Å². The lowest BCUT2D eigenvalue weighted by molar-refractivity contribution is 0.0705. The van der Waals surface area contributed by atoms with E-state index in [1.54, 1.807) is 7.11 Å². The number of hydrogen-bond donors (Lipinski definition) is 2. The fourth-order valence-electron chi connectivity index (χ4n) is 3.61. The van der Waals surface area contributed by atoms with Crippen molar-refractivity contribution >= 4 is 0 Å². The minimum Gasteiger partial charge on any atom is -0.493 e. The summed E-state index contributed by atoms with van der Waals surface area (Å²) in [6.07, 6.45) is 3.54. The van der Waals surface area contributed by atoms with Gasteiger partial charge in [-0.2, -0.15) is 0 Å². The van der Waals surface area contributed by atoms with E-state index in [2.05, 4.69) is 35.0 Å². The molecule has 0 bridgehead atoms. The van der Waals surface area contributed by atoms with Crippen LogP contribution in [0.3, 0.4) is 0 Å². The summed E-state index contributed by atoms with van der Waals surface area (Å²) in [5, 5.41) is 13.7. The molecule has 0 saturated carbocycles. The van der Waals surface area contributed by atoms with Crippen molar-refractivity contribution in [3.8, 4) is 11.5 Å². The first-order chi connectivity index (χ1) is 13.7. The average Bonchev–Trinajstić information content (AvgIpc) is 2.74. The first-order valence-corrected chi connectivity index (χ1v) is 10.8. The number of aliphatic hydroxyl groups is 1. The second kappa shape index (κ2) is 13.0. The quantitative estimate of drug-likeness (QED) is 0.502. The molecule has 1 aromatic rings. The molecule has 0 aliphatic carbocycles. The molecule has 0 radical (unpaired) electrons. The smallest absolute Gasteiger partial charge is 0.161 e. The van der Waals surface area contributed by atoms with Crippen LogP contribution in [-0.2, 0) is 6.54 Å². The lowest BCUT2D eigenvalue weighted by Gasteiger charge is -2.26. The molecule has 1 saturated heterocycles. The maximum absolute atomic E-state index is 10.2. The summed E-state index contributed by atoms with van der Waals surface area (Å²) in [4.78, 5) is 4.72. The third kappa shape index (κ3) is 7.95. The molecule has 1 fully saturated rings. The molecule has 0 unspecified atom stereocenters. The summed E-state index contributed by atoms with van der Waals surface area (Å²) in [5.74, 6) is 1.39. The number of aliphatic hydroxyl groups excluding tert-OH is 1. The molecule has 6 nitrogen and oxygen atoms in total. The molecule has 0 spiro atoms. The highest BCUT2D eigenvalue weighted by atomic mass is 16.5. The second-order valence-corrected chi connectivity index (χ2v) is 7.51. The molecule has 1 aromatic carbocycles.